The zero-order chi connectivity index (χ0) is 13.8. The number of para-hydroxylation sites is 1. The molecule has 0 atom stereocenters. The lowest BCUT2D eigenvalue weighted by Crippen LogP contribution is -2.18. The molecule has 2 aromatic rings. The molecule has 0 unspecified atom stereocenters. The van der Waals surface area contributed by atoms with Gasteiger partial charge in [-0.1, -0.05) is 44.4 Å². The van der Waals surface area contributed by atoms with Crippen LogP contribution in [0, 0.1) is 0 Å². The van der Waals surface area contributed by atoms with E-state index in [9.17, 15) is 0 Å². The highest BCUT2D eigenvalue weighted by Crippen LogP contribution is 2.23. The summed E-state index contributed by atoms with van der Waals surface area (Å²) in [4.78, 5) is 0. The van der Waals surface area contributed by atoms with Crippen LogP contribution in [0.3, 0.4) is 0 Å². The van der Waals surface area contributed by atoms with Crippen molar-refractivity contribution in [3.8, 4) is 0 Å². The van der Waals surface area contributed by atoms with Crippen molar-refractivity contribution < 1.29 is 0 Å². The van der Waals surface area contributed by atoms with Crippen molar-refractivity contribution in [2.45, 2.75) is 64.6 Å². The van der Waals surface area contributed by atoms with Crippen LogP contribution in [0.15, 0.2) is 30.3 Å². The fourth-order valence-corrected chi connectivity index (χ4v) is 2.91. The molecule has 2 heteroatoms. The number of hydrogen-bond donors (Lipinski definition) is 1. The number of nitrogens with zero attached hydrogens (tertiary/aromatic N) is 1. The predicted molar refractivity (Wildman–Crippen MR) is 85.9 cm³/mol. The van der Waals surface area contributed by atoms with Crippen LogP contribution in [-0.4, -0.2) is 10.6 Å². The number of benzene rings is 1. The van der Waals surface area contributed by atoms with Crippen LogP contribution in [0.4, 0.5) is 0 Å². The van der Waals surface area contributed by atoms with E-state index < -0.39 is 0 Å². The van der Waals surface area contributed by atoms with Gasteiger partial charge in [-0.3, -0.25) is 0 Å². The molecule has 0 amide bonds. The van der Waals surface area contributed by atoms with Gasteiger partial charge in [0.2, 0.25) is 0 Å². The van der Waals surface area contributed by atoms with E-state index >= 15 is 0 Å². The van der Waals surface area contributed by atoms with Gasteiger partial charge in [0.25, 0.3) is 0 Å². The molecule has 0 spiro atoms. The van der Waals surface area contributed by atoms with Gasteiger partial charge < -0.3 is 9.88 Å². The molecule has 3 rings (SSSR count). The molecule has 2 nitrogen and oxygen atoms in total. The predicted octanol–water partition coefficient (Wildman–Crippen LogP) is 4.47. The minimum atomic E-state index is 0.779. The van der Waals surface area contributed by atoms with Gasteiger partial charge in [0.1, 0.15) is 0 Å². The first-order valence-corrected chi connectivity index (χ1v) is 8.19. The van der Waals surface area contributed by atoms with E-state index in [4.69, 9.17) is 0 Å². The van der Waals surface area contributed by atoms with Gasteiger partial charge in [0.05, 0.1) is 0 Å². The molecule has 1 aliphatic carbocycles. The normalized spacial score (nSPS) is 15.1. The number of hydrogen-bond acceptors (Lipinski definition) is 1. The Kier molecular flexibility index (Phi) is 4.41. The highest BCUT2D eigenvalue weighted by atomic mass is 15.0. The molecule has 1 fully saturated rings. The van der Waals surface area contributed by atoms with E-state index in [0.717, 1.165) is 19.1 Å². The molecule has 1 aliphatic rings. The van der Waals surface area contributed by atoms with Gasteiger partial charge >= 0.3 is 0 Å². The van der Waals surface area contributed by atoms with Crippen LogP contribution in [-0.2, 0) is 13.1 Å². The van der Waals surface area contributed by atoms with Crippen molar-refractivity contribution in [2.75, 3.05) is 0 Å². The highest BCUT2D eigenvalue weighted by Gasteiger charge is 2.20. The van der Waals surface area contributed by atoms with Gasteiger partial charge in [-0.05, 0) is 36.8 Å². The first-order chi connectivity index (χ1) is 9.88. The molecule has 1 saturated carbocycles. The maximum atomic E-state index is 3.65. The topological polar surface area (TPSA) is 17.0 Å². The third kappa shape index (κ3) is 3.24. The lowest BCUT2D eigenvalue weighted by atomic mass is 10.2. The Hall–Kier alpha value is -1.28. The number of aromatic nitrogens is 1. The maximum absolute atomic E-state index is 3.65. The van der Waals surface area contributed by atoms with Crippen LogP contribution in [0.2, 0.25) is 0 Å². The Morgan fingerprint density at radius 2 is 2.00 bits per heavy atom. The molecular weight excluding hydrogens is 244 g/mol. The van der Waals surface area contributed by atoms with E-state index in [-0.39, 0.29) is 0 Å². The Labute approximate surface area is 122 Å². The number of aryl methyl sites for hydroxylation is 1. The highest BCUT2D eigenvalue weighted by molar-refractivity contribution is 5.81. The average Bonchev–Trinajstić information content (AvgIpc) is 3.23. The smallest absolute Gasteiger partial charge is 0.0482 e. The van der Waals surface area contributed by atoms with Crippen LogP contribution in [0.25, 0.3) is 10.9 Å². The second kappa shape index (κ2) is 6.45. The number of nitrogens with one attached hydrogen (secondary N) is 1. The quantitative estimate of drug-likeness (QED) is 0.700. The van der Waals surface area contributed by atoms with Crippen molar-refractivity contribution in [1.82, 2.24) is 9.88 Å². The Balaban J connectivity index is 1.75. The molecule has 1 heterocycles. The number of rotatable bonds is 8. The van der Waals surface area contributed by atoms with Crippen molar-refractivity contribution in [3.63, 3.8) is 0 Å². The van der Waals surface area contributed by atoms with Crippen LogP contribution in [0.1, 0.15) is 51.1 Å². The number of fused-ring (bicyclic) bond motifs is 1. The molecule has 20 heavy (non-hydrogen) atoms. The minimum absolute atomic E-state index is 0.779. The maximum Gasteiger partial charge on any atom is 0.0482 e. The average molecular weight is 270 g/mol. The minimum Gasteiger partial charge on any atom is -0.343 e. The standard InChI is InChI=1S/C18H26N2/c1-2-3-4-7-12-20-17(14-19-16-10-11-16)13-15-8-5-6-9-18(15)20/h5-6,8-9,13,16,19H,2-4,7,10-12,14H2,1H3. The molecule has 0 saturated heterocycles. The van der Waals surface area contributed by atoms with Gasteiger partial charge in [-0.25, -0.2) is 0 Å². The molecule has 108 valence electrons. The van der Waals surface area contributed by atoms with Crippen molar-refractivity contribution >= 4 is 10.9 Å². The summed E-state index contributed by atoms with van der Waals surface area (Å²) in [5.41, 5.74) is 2.85. The molecule has 0 bridgehead atoms. The van der Waals surface area contributed by atoms with E-state index in [1.165, 1.54) is 55.1 Å². The van der Waals surface area contributed by atoms with Crippen LogP contribution in [0.5, 0.6) is 0 Å². The zero-order valence-corrected chi connectivity index (χ0v) is 12.6. The summed E-state index contributed by atoms with van der Waals surface area (Å²) in [5.74, 6) is 0. The molecular formula is C18H26N2. The molecule has 1 aromatic carbocycles. The Morgan fingerprint density at radius 3 is 2.80 bits per heavy atom. The van der Waals surface area contributed by atoms with Crippen molar-refractivity contribution in [3.05, 3.63) is 36.0 Å². The number of unbranched alkanes of at least 4 members (excludes halogenated alkanes) is 3. The molecule has 1 N–H and O–H groups in total. The first kappa shape index (κ1) is 13.7. The van der Waals surface area contributed by atoms with Crippen molar-refractivity contribution in [2.24, 2.45) is 0 Å². The Bertz CT molecular complexity index is 552. The largest absolute Gasteiger partial charge is 0.343 e. The fourth-order valence-electron chi connectivity index (χ4n) is 2.91. The lowest BCUT2D eigenvalue weighted by molar-refractivity contribution is 0.563. The van der Waals surface area contributed by atoms with Crippen molar-refractivity contribution in [1.29, 1.82) is 0 Å². The summed E-state index contributed by atoms with van der Waals surface area (Å²) < 4.78 is 2.53. The van der Waals surface area contributed by atoms with E-state index in [1.807, 2.05) is 0 Å². The zero-order valence-electron chi connectivity index (χ0n) is 12.6. The van der Waals surface area contributed by atoms with Gasteiger partial charge in [0, 0.05) is 30.3 Å². The summed E-state index contributed by atoms with van der Waals surface area (Å²) in [6, 6.07) is 11.9. The summed E-state index contributed by atoms with van der Waals surface area (Å²) in [6.45, 7) is 4.46. The summed E-state index contributed by atoms with van der Waals surface area (Å²) in [5, 5.41) is 5.04. The van der Waals surface area contributed by atoms with Gasteiger partial charge in [-0.15, -0.1) is 0 Å². The lowest BCUT2D eigenvalue weighted by Gasteiger charge is -2.11. The van der Waals surface area contributed by atoms with E-state index in [0.29, 0.717) is 0 Å². The summed E-state index contributed by atoms with van der Waals surface area (Å²) in [6.07, 6.45) is 8.02. The van der Waals surface area contributed by atoms with Crippen LogP contribution >= 0.6 is 0 Å². The monoisotopic (exact) mass is 270 g/mol. The third-order valence-corrected chi connectivity index (χ3v) is 4.28. The van der Waals surface area contributed by atoms with E-state index in [1.54, 1.807) is 0 Å². The van der Waals surface area contributed by atoms with Gasteiger partial charge in [-0.2, -0.15) is 0 Å². The second-order valence-electron chi connectivity index (χ2n) is 6.06. The third-order valence-electron chi connectivity index (χ3n) is 4.28. The van der Waals surface area contributed by atoms with Crippen LogP contribution < -0.4 is 5.32 Å². The SMILES string of the molecule is CCCCCCn1c(CNC2CC2)cc2ccccc21. The molecule has 0 aliphatic heterocycles. The van der Waals surface area contributed by atoms with Gasteiger partial charge in [0.15, 0.2) is 0 Å². The van der Waals surface area contributed by atoms with E-state index in [2.05, 4.69) is 47.1 Å². The summed E-state index contributed by atoms with van der Waals surface area (Å²) >= 11 is 0. The molecule has 1 aromatic heterocycles. The first-order valence-electron chi connectivity index (χ1n) is 8.19. The Morgan fingerprint density at radius 1 is 1.15 bits per heavy atom. The fraction of sp³-hybridized carbons (Fsp3) is 0.556. The summed E-state index contributed by atoms with van der Waals surface area (Å²) in [7, 11) is 0. The second-order valence-corrected chi connectivity index (χ2v) is 6.06. The molecule has 0 radical (unpaired) electrons.